The molecular formula is C24H26N2O5. The number of aromatic nitrogens is 2. The maximum absolute atomic E-state index is 13.0. The van der Waals surface area contributed by atoms with E-state index in [0.717, 1.165) is 22.5 Å². The molecule has 0 radical (unpaired) electrons. The Kier molecular flexibility index (Phi) is 7.43. The van der Waals surface area contributed by atoms with Crippen LogP contribution in [0.2, 0.25) is 0 Å². The monoisotopic (exact) mass is 422 g/mol. The number of ether oxygens (including phenoxy) is 3. The molecule has 7 heteroatoms. The van der Waals surface area contributed by atoms with Crippen LogP contribution in [0.3, 0.4) is 0 Å². The van der Waals surface area contributed by atoms with Gasteiger partial charge in [0.1, 0.15) is 11.4 Å². The van der Waals surface area contributed by atoms with Crippen LogP contribution in [0.25, 0.3) is 5.69 Å². The number of benzene rings is 1. The van der Waals surface area contributed by atoms with Gasteiger partial charge in [-0.15, -0.1) is 0 Å². The number of rotatable bonds is 9. The Hall–Kier alpha value is -3.61. The van der Waals surface area contributed by atoms with Crippen LogP contribution < -0.4 is 4.74 Å². The van der Waals surface area contributed by atoms with Gasteiger partial charge in [-0.3, -0.25) is 9.78 Å². The summed E-state index contributed by atoms with van der Waals surface area (Å²) in [6.45, 7) is 2.02. The molecular weight excluding hydrogens is 396 g/mol. The second kappa shape index (κ2) is 10.4. The summed E-state index contributed by atoms with van der Waals surface area (Å²) >= 11 is 0. The Labute approximate surface area is 181 Å². The maximum atomic E-state index is 13.0. The highest BCUT2D eigenvalue weighted by atomic mass is 16.5. The number of nitrogens with zero attached hydrogens (tertiary/aromatic N) is 2. The van der Waals surface area contributed by atoms with E-state index in [-0.39, 0.29) is 19.0 Å². The Morgan fingerprint density at radius 2 is 1.87 bits per heavy atom. The lowest BCUT2D eigenvalue weighted by Gasteiger charge is -2.14. The van der Waals surface area contributed by atoms with E-state index in [1.807, 2.05) is 47.0 Å². The molecule has 0 saturated heterocycles. The van der Waals surface area contributed by atoms with Crippen LogP contribution in [-0.4, -0.2) is 42.3 Å². The largest absolute Gasteiger partial charge is 0.497 e. The van der Waals surface area contributed by atoms with Gasteiger partial charge in [0.2, 0.25) is 0 Å². The first-order chi connectivity index (χ1) is 15.1. The third kappa shape index (κ3) is 5.31. The molecule has 3 rings (SSSR count). The summed E-state index contributed by atoms with van der Waals surface area (Å²) in [5, 5.41) is 0. The number of hydrogen-bond donors (Lipinski definition) is 0. The minimum absolute atomic E-state index is 0.169. The minimum atomic E-state index is -0.435. The fraction of sp³-hybridized carbons (Fsp3) is 0.292. The number of esters is 2. The SMILES string of the molecule is CCOC(=O)c1c(CCC(=O)OC)cc(Cc2cccnc2)n1-c1ccc(OC)cc1. The third-order valence-electron chi connectivity index (χ3n) is 4.89. The second-order valence-corrected chi connectivity index (χ2v) is 6.88. The average Bonchev–Trinajstić information content (AvgIpc) is 3.16. The van der Waals surface area contributed by atoms with Crippen LogP contribution in [0.5, 0.6) is 5.75 Å². The van der Waals surface area contributed by atoms with E-state index < -0.39 is 5.97 Å². The summed E-state index contributed by atoms with van der Waals surface area (Å²) in [5.74, 6) is -0.0512. The molecule has 0 saturated carbocycles. The van der Waals surface area contributed by atoms with Crippen molar-refractivity contribution in [2.24, 2.45) is 0 Å². The molecule has 0 aliphatic heterocycles. The van der Waals surface area contributed by atoms with Gasteiger partial charge in [0, 0.05) is 36.6 Å². The quantitative estimate of drug-likeness (QED) is 0.489. The van der Waals surface area contributed by atoms with Crippen molar-refractivity contribution in [3.05, 3.63) is 77.4 Å². The van der Waals surface area contributed by atoms with Crippen molar-refractivity contribution in [2.75, 3.05) is 20.8 Å². The first-order valence-electron chi connectivity index (χ1n) is 10.1. The van der Waals surface area contributed by atoms with Crippen molar-refractivity contribution >= 4 is 11.9 Å². The van der Waals surface area contributed by atoms with Crippen molar-refractivity contribution in [3.63, 3.8) is 0 Å². The van der Waals surface area contributed by atoms with Gasteiger partial charge in [-0.1, -0.05) is 6.07 Å². The molecule has 2 heterocycles. The summed E-state index contributed by atoms with van der Waals surface area (Å²) < 4.78 is 17.3. The van der Waals surface area contributed by atoms with Crippen LogP contribution in [-0.2, 0) is 27.1 Å². The van der Waals surface area contributed by atoms with Gasteiger partial charge in [0.05, 0.1) is 20.8 Å². The molecule has 0 fully saturated rings. The van der Waals surface area contributed by atoms with E-state index in [1.54, 1.807) is 26.4 Å². The van der Waals surface area contributed by atoms with Crippen molar-refractivity contribution in [2.45, 2.75) is 26.2 Å². The lowest BCUT2D eigenvalue weighted by molar-refractivity contribution is -0.140. The minimum Gasteiger partial charge on any atom is -0.497 e. The van der Waals surface area contributed by atoms with E-state index in [0.29, 0.717) is 24.3 Å². The molecule has 31 heavy (non-hydrogen) atoms. The van der Waals surface area contributed by atoms with E-state index >= 15 is 0 Å². The highest BCUT2D eigenvalue weighted by Crippen LogP contribution is 2.27. The highest BCUT2D eigenvalue weighted by molar-refractivity contribution is 5.91. The lowest BCUT2D eigenvalue weighted by atomic mass is 10.1. The Bertz CT molecular complexity index is 1030. The van der Waals surface area contributed by atoms with Gasteiger partial charge in [-0.2, -0.15) is 0 Å². The average molecular weight is 422 g/mol. The van der Waals surface area contributed by atoms with Gasteiger partial charge in [0.25, 0.3) is 0 Å². The molecule has 0 atom stereocenters. The second-order valence-electron chi connectivity index (χ2n) is 6.88. The zero-order valence-corrected chi connectivity index (χ0v) is 18.0. The molecule has 0 unspecified atom stereocenters. The smallest absolute Gasteiger partial charge is 0.355 e. The molecule has 7 nitrogen and oxygen atoms in total. The summed E-state index contributed by atoms with van der Waals surface area (Å²) in [5.41, 5.74) is 3.84. The number of carbonyl (C=O) groups is 2. The Balaban J connectivity index is 2.14. The number of pyridine rings is 1. The topological polar surface area (TPSA) is 79.7 Å². The predicted octanol–water partition coefficient (Wildman–Crippen LogP) is 3.75. The summed E-state index contributed by atoms with van der Waals surface area (Å²) in [6, 6.07) is 13.3. The molecule has 0 bridgehead atoms. The van der Waals surface area contributed by atoms with E-state index in [1.165, 1.54) is 7.11 Å². The van der Waals surface area contributed by atoms with Crippen LogP contribution in [0, 0.1) is 0 Å². The molecule has 0 amide bonds. The number of aryl methyl sites for hydroxylation is 1. The van der Waals surface area contributed by atoms with E-state index in [2.05, 4.69) is 4.98 Å². The lowest BCUT2D eigenvalue weighted by Crippen LogP contribution is -2.15. The van der Waals surface area contributed by atoms with Crippen LogP contribution >= 0.6 is 0 Å². The summed E-state index contributed by atoms with van der Waals surface area (Å²) in [6.07, 6.45) is 4.61. The molecule has 2 aromatic heterocycles. The molecule has 162 valence electrons. The normalized spacial score (nSPS) is 10.5. The van der Waals surface area contributed by atoms with Crippen LogP contribution in [0.15, 0.2) is 54.9 Å². The number of hydrogen-bond acceptors (Lipinski definition) is 6. The highest BCUT2D eigenvalue weighted by Gasteiger charge is 2.24. The maximum Gasteiger partial charge on any atom is 0.355 e. The molecule has 1 aromatic carbocycles. The van der Waals surface area contributed by atoms with Crippen molar-refractivity contribution < 1.29 is 23.8 Å². The summed E-state index contributed by atoms with van der Waals surface area (Å²) in [4.78, 5) is 28.9. The fourth-order valence-electron chi connectivity index (χ4n) is 3.44. The van der Waals surface area contributed by atoms with E-state index in [9.17, 15) is 9.59 Å². The van der Waals surface area contributed by atoms with Gasteiger partial charge >= 0.3 is 11.9 Å². The predicted molar refractivity (Wildman–Crippen MR) is 116 cm³/mol. The van der Waals surface area contributed by atoms with Crippen molar-refractivity contribution in [1.82, 2.24) is 9.55 Å². The van der Waals surface area contributed by atoms with Gasteiger partial charge < -0.3 is 18.8 Å². The Morgan fingerprint density at radius 1 is 1.10 bits per heavy atom. The third-order valence-corrected chi connectivity index (χ3v) is 4.89. The van der Waals surface area contributed by atoms with Crippen LogP contribution in [0.1, 0.15) is 40.7 Å². The van der Waals surface area contributed by atoms with Crippen LogP contribution in [0.4, 0.5) is 0 Å². The van der Waals surface area contributed by atoms with Crippen molar-refractivity contribution in [3.8, 4) is 11.4 Å². The Morgan fingerprint density at radius 3 is 2.48 bits per heavy atom. The zero-order chi connectivity index (χ0) is 22.2. The molecule has 0 aliphatic carbocycles. The van der Waals surface area contributed by atoms with Gasteiger partial charge in [-0.05, 0) is 60.9 Å². The first kappa shape index (κ1) is 22.1. The zero-order valence-electron chi connectivity index (χ0n) is 18.0. The number of methoxy groups -OCH3 is 2. The van der Waals surface area contributed by atoms with E-state index in [4.69, 9.17) is 14.2 Å². The number of carbonyl (C=O) groups excluding carboxylic acids is 2. The fourth-order valence-corrected chi connectivity index (χ4v) is 3.44. The first-order valence-corrected chi connectivity index (χ1v) is 10.1. The summed E-state index contributed by atoms with van der Waals surface area (Å²) in [7, 11) is 2.96. The molecule has 0 N–H and O–H groups in total. The molecule has 0 spiro atoms. The molecule has 3 aromatic rings. The standard InChI is InChI=1S/C24H26N2O5/c1-4-31-24(28)23-18(7-12-22(27)30-3)15-20(14-17-6-5-13-25-16-17)26(23)19-8-10-21(29-2)11-9-19/h5-6,8-11,13,15-16H,4,7,12,14H2,1-3H3. The molecule has 0 aliphatic rings. The van der Waals surface area contributed by atoms with Gasteiger partial charge in [0.15, 0.2) is 0 Å². The van der Waals surface area contributed by atoms with Crippen molar-refractivity contribution in [1.29, 1.82) is 0 Å². The van der Waals surface area contributed by atoms with Gasteiger partial charge in [-0.25, -0.2) is 4.79 Å².